The third-order valence-electron chi connectivity index (χ3n) is 4.50. The van der Waals surface area contributed by atoms with Crippen LogP contribution in [0.4, 0.5) is 0 Å². The Morgan fingerprint density at radius 2 is 2.09 bits per heavy atom. The maximum Gasteiger partial charge on any atom is 0.221 e. The van der Waals surface area contributed by atoms with Gasteiger partial charge in [-0.25, -0.2) is 0 Å². The first-order valence-corrected chi connectivity index (χ1v) is 8.36. The van der Waals surface area contributed by atoms with Gasteiger partial charge in [-0.3, -0.25) is 9.69 Å². The topological polar surface area (TPSA) is 41.6 Å². The van der Waals surface area contributed by atoms with Crippen LogP contribution in [0.3, 0.4) is 0 Å². The van der Waals surface area contributed by atoms with Crippen molar-refractivity contribution in [2.75, 3.05) is 20.2 Å². The van der Waals surface area contributed by atoms with Crippen molar-refractivity contribution in [2.24, 2.45) is 0 Å². The summed E-state index contributed by atoms with van der Waals surface area (Å²) in [6.07, 6.45) is 5.66. The molecule has 1 atom stereocenters. The van der Waals surface area contributed by atoms with Crippen molar-refractivity contribution in [3.63, 3.8) is 0 Å². The number of hydrogen-bond donors (Lipinski definition) is 1. The molecule has 1 fully saturated rings. The van der Waals surface area contributed by atoms with Crippen molar-refractivity contribution in [2.45, 2.75) is 51.6 Å². The third kappa shape index (κ3) is 5.02. The maximum absolute atomic E-state index is 12.0. The van der Waals surface area contributed by atoms with Gasteiger partial charge in [-0.2, -0.15) is 0 Å². The largest absolute Gasteiger partial charge is 0.497 e. The van der Waals surface area contributed by atoms with E-state index in [-0.39, 0.29) is 5.91 Å². The average Bonchev–Trinajstić information content (AvgIpc) is 2.58. The minimum absolute atomic E-state index is 0.135. The molecule has 4 nitrogen and oxygen atoms in total. The molecule has 1 heterocycles. The van der Waals surface area contributed by atoms with E-state index in [0.717, 1.165) is 24.4 Å². The highest BCUT2D eigenvalue weighted by molar-refractivity contribution is 5.76. The summed E-state index contributed by atoms with van der Waals surface area (Å²) in [5.74, 6) is 0.974. The smallest absolute Gasteiger partial charge is 0.221 e. The van der Waals surface area contributed by atoms with Crippen molar-refractivity contribution in [3.8, 4) is 5.75 Å². The van der Waals surface area contributed by atoms with E-state index in [0.29, 0.717) is 19.0 Å². The van der Waals surface area contributed by atoms with Crippen molar-refractivity contribution in [1.29, 1.82) is 0 Å². The van der Waals surface area contributed by atoms with Crippen molar-refractivity contribution >= 4 is 5.91 Å². The third-order valence-corrected chi connectivity index (χ3v) is 4.50. The zero-order chi connectivity index (χ0) is 15.8. The minimum atomic E-state index is 0.135. The highest BCUT2D eigenvalue weighted by atomic mass is 16.5. The highest BCUT2D eigenvalue weighted by Crippen LogP contribution is 2.19. The van der Waals surface area contributed by atoms with E-state index in [1.54, 1.807) is 7.11 Å². The van der Waals surface area contributed by atoms with Gasteiger partial charge in [-0.1, -0.05) is 25.5 Å². The number of amides is 1. The number of likely N-dealkylation sites (tertiary alicyclic amines) is 1. The Bertz CT molecular complexity index is 459. The van der Waals surface area contributed by atoms with E-state index in [1.807, 2.05) is 24.3 Å². The SMILES string of the molecule is CCC1CCCCN1CCC(=O)NCc1ccc(OC)cc1. The Morgan fingerprint density at radius 1 is 1.32 bits per heavy atom. The number of methoxy groups -OCH3 is 1. The van der Waals surface area contributed by atoms with Gasteiger partial charge in [0.15, 0.2) is 0 Å². The molecule has 22 heavy (non-hydrogen) atoms. The molecule has 1 unspecified atom stereocenters. The number of ether oxygens (including phenoxy) is 1. The standard InChI is InChI=1S/C18H28N2O2/c1-3-16-6-4-5-12-20(16)13-11-18(21)19-14-15-7-9-17(22-2)10-8-15/h7-10,16H,3-6,11-14H2,1-2H3,(H,19,21). The Balaban J connectivity index is 1.70. The molecular weight excluding hydrogens is 276 g/mol. The summed E-state index contributed by atoms with van der Waals surface area (Å²) in [5.41, 5.74) is 1.10. The van der Waals surface area contributed by atoms with E-state index in [4.69, 9.17) is 4.74 Å². The number of piperidine rings is 1. The lowest BCUT2D eigenvalue weighted by Crippen LogP contribution is -2.41. The van der Waals surface area contributed by atoms with E-state index >= 15 is 0 Å². The number of benzene rings is 1. The number of nitrogens with zero attached hydrogens (tertiary/aromatic N) is 1. The Kier molecular flexibility index (Phi) is 6.72. The zero-order valence-corrected chi connectivity index (χ0v) is 13.8. The van der Waals surface area contributed by atoms with Crippen molar-refractivity contribution in [1.82, 2.24) is 10.2 Å². The second-order valence-electron chi connectivity index (χ2n) is 5.97. The summed E-state index contributed by atoms with van der Waals surface area (Å²) >= 11 is 0. The average molecular weight is 304 g/mol. The molecule has 1 saturated heterocycles. The Morgan fingerprint density at radius 3 is 2.77 bits per heavy atom. The van der Waals surface area contributed by atoms with Gasteiger partial charge in [-0.05, 0) is 43.5 Å². The van der Waals surface area contributed by atoms with E-state index in [2.05, 4.69) is 17.1 Å². The van der Waals surface area contributed by atoms with Gasteiger partial charge in [0.1, 0.15) is 5.75 Å². The normalized spacial score (nSPS) is 18.9. The van der Waals surface area contributed by atoms with Crippen LogP contribution in [0.1, 0.15) is 44.6 Å². The van der Waals surface area contributed by atoms with E-state index < -0.39 is 0 Å². The quantitative estimate of drug-likeness (QED) is 0.842. The molecule has 0 aromatic heterocycles. The molecule has 1 aromatic rings. The fourth-order valence-electron chi connectivity index (χ4n) is 3.09. The first-order valence-electron chi connectivity index (χ1n) is 8.36. The van der Waals surface area contributed by atoms with Gasteiger partial charge in [0.05, 0.1) is 7.11 Å². The molecule has 0 radical (unpaired) electrons. The molecule has 1 aliphatic rings. The number of hydrogen-bond acceptors (Lipinski definition) is 3. The van der Waals surface area contributed by atoms with Crippen LogP contribution in [0, 0.1) is 0 Å². The van der Waals surface area contributed by atoms with Gasteiger partial charge in [0.25, 0.3) is 0 Å². The van der Waals surface area contributed by atoms with E-state index in [1.165, 1.54) is 25.7 Å². The molecular formula is C18H28N2O2. The molecule has 4 heteroatoms. The molecule has 0 bridgehead atoms. The maximum atomic E-state index is 12.0. The molecule has 1 aromatic carbocycles. The summed E-state index contributed by atoms with van der Waals surface area (Å²) in [5, 5.41) is 3.00. The van der Waals surface area contributed by atoms with Crippen LogP contribution in [-0.2, 0) is 11.3 Å². The molecule has 0 saturated carbocycles. The lowest BCUT2D eigenvalue weighted by Gasteiger charge is -2.35. The molecule has 0 spiro atoms. The molecule has 0 aliphatic carbocycles. The number of carbonyl (C=O) groups excluding carboxylic acids is 1. The summed E-state index contributed by atoms with van der Waals surface area (Å²) in [6, 6.07) is 8.47. The number of nitrogens with one attached hydrogen (secondary N) is 1. The van der Waals surface area contributed by atoms with Crippen molar-refractivity contribution in [3.05, 3.63) is 29.8 Å². The van der Waals surface area contributed by atoms with Crippen LogP contribution in [0.15, 0.2) is 24.3 Å². The minimum Gasteiger partial charge on any atom is -0.497 e. The number of rotatable bonds is 7. The van der Waals surface area contributed by atoms with Crippen LogP contribution in [-0.4, -0.2) is 37.0 Å². The highest BCUT2D eigenvalue weighted by Gasteiger charge is 2.20. The first kappa shape index (κ1) is 16.8. The van der Waals surface area contributed by atoms with Gasteiger partial charge < -0.3 is 10.1 Å². The molecule has 1 N–H and O–H groups in total. The molecule has 122 valence electrons. The number of carbonyl (C=O) groups is 1. The molecule has 1 aliphatic heterocycles. The second-order valence-corrected chi connectivity index (χ2v) is 5.97. The fourth-order valence-corrected chi connectivity index (χ4v) is 3.09. The van der Waals surface area contributed by atoms with Crippen molar-refractivity contribution < 1.29 is 9.53 Å². The van der Waals surface area contributed by atoms with Crippen LogP contribution in [0.25, 0.3) is 0 Å². The Hall–Kier alpha value is -1.55. The van der Waals surface area contributed by atoms with Gasteiger partial charge in [0.2, 0.25) is 5.91 Å². The summed E-state index contributed by atoms with van der Waals surface area (Å²) in [4.78, 5) is 14.5. The van der Waals surface area contributed by atoms with E-state index in [9.17, 15) is 4.79 Å². The van der Waals surface area contributed by atoms with Crippen LogP contribution >= 0.6 is 0 Å². The van der Waals surface area contributed by atoms with Crippen LogP contribution in [0.5, 0.6) is 5.75 Å². The molecule has 1 amide bonds. The predicted octanol–water partition coefficient (Wildman–Crippen LogP) is 2.97. The lowest BCUT2D eigenvalue weighted by molar-refractivity contribution is -0.121. The summed E-state index contributed by atoms with van der Waals surface area (Å²) in [6.45, 7) is 4.85. The van der Waals surface area contributed by atoms with Gasteiger partial charge >= 0.3 is 0 Å². The Labute approximate surface area is 133 Å². The first-order chi connectivity index (χ1) is 10.7. The monoisotopic (exact) mass is 304 g/mol. The lowest BCUT2D eigenvalue weighted by atomic mass is 10.00. The molecule has 2 rings (SSSR count). The fraction of sp³-hybridized carbons (Fsp3) is 0.611. The second kappa shape index (κ2) is 8.79. The van der Waals surface area contributed by atoms with Gasteiger partial charge in [0, 0.05) is 25.6 Å². The predicted molar refractivity (Wildman–Crippen MR) is 89.0 cm³/mol. The zero-order valence-electron chi connectivity index (χ0n) is 13.8. The summed E-state index contributed by atoms with van der Waals surface area (Å²) in [7, 11) is 1.65. The van der Waals surface area contributed by atoms with Gasteiger partial charge in [-0.15, -0.1) is 0 Å². The van der Waals surface area contributed by atoms with Crippen LogP contribution < -0.4 is 10.1 Å². The summed E-state index contributed by atoms with van der Waals surface area (Å²) < 4.78 is 5.13. The van der Waals surface area contributed by atoms with Crippen LogP contribution in [0.2, 0.25) is 0 Å².